The maximum absolute atomic E-state index is 5.24. The molecular weight excluding hydrogens is 228 g/mol. The van der Waals surface area contributed by atoms with Crippen LogP contribution in [0.4, 0.5) is 0 Å². The zero-order valence-corrected chi connectivity index (χ0v) is 10.3. The summed E-state index contributed by atoms with van der Waals surface area (Å²) in [4.78, 5) is 0.729. The molecule has 1 nitrogen and oxygen atoms in total. The Kier molecular flexibility index (Phi) is 5.34. The summed E-state index contributed by atoms with van der Waals surface area (Å²) in [6.45, 7) is 2.15. The minimum atomic E-state index is 0.418. The van der Waals surface area contributed by atoms with Crippen molar-refractivity contribution < 1.29 is 4.74 Å². The molecule has 0 amide bonds. The van der Waals surface area contributed by atoms with Gasteiger partial charge in [-0.25, -0.2) is 0 Å². The monoisotopic (exact) mass is 248 g/mol. The van der Waals surface area contributed by atoms with E-state index in [0.29, 0.717) is 6.10 Å². The first kappa shape index (κ1) is 11.5. The van der Waals surface area contributed by atoms with Gasteiger partial charge in [-0.15, -0.1) is 0 Å². The summed E-state index contributed by atoms with van der Waals surface area (Å²) in [5.41, 5.74) is 0. The smallest absolute Gasteiger partial charge is 0.0543 e. The van der Waals surface area contributed by atoms with Crippen LogP contribution in [0.1, 0.15) is 45.4 Å². The zero-order chi connectivity index (χ0) is 9.68. The second-order valence-electron chi connectivity index (χ2n) is 4.18. The fraction of sp³-hybridized carbons (Fsp3) is 1.00. The van der Waals surface area contributed by atoms with E-state index in [1.165, 1.54) is 38.5 Å². The van der Waals surface area contributed by atoms with E-state index in [2.05, 4.69) is 22.9 Å². The lowest BCUT2D eigenvalue weighted by atomic mass is 9.99. The minimum absolute atomic E-state index is 0.418. The van der Waals surface area contributed by atoms with Crippen LogP contribution in [0.15, 0.2) is 0 Å². The third-order valence-electron chi connectivity index (χ3n) is 3.16. The number of hydrogen-bond donors (Lipinski definition) is 0. The topological polar surface area (TPSA) is 9.23 Å². The lowest BCUT2D eigenvalue weighted by Gasteiger charge is -2.18. The molecule has 1 aliphatic carbocycles. The zero-order valence-electron chi connectivity index (χ0n) is 8.76. The van der Waals surface area contributed by atoms with Gasteiger partial charge in [-0.05, 0) is 38.5 Å². The molecule has 0 N–H and O–H groups in total. The van der Waals surface area contributed by atoms with Crippen molar-refractivity contribution >= 4 is 15.9 Å². The van der Waals surface area contributed by atoms with E-state index in [-0.39, 0.29) is 0 Å². The van der Waals surface area contributed by atoms with Gasteiger partial charge in [-0.3, -0.25) is 0 Å². The summed E-state index contributed by atoms with van der Waals surface area (Å²) in [6, 6.07) is 0. The van der Waals surface area contributed by atoms with Crippen molar-refractivity contribution in [3.05, 3.63) is 0 Å². The molecule has 1 fully saturated rings. The average molecular weight is 249 g/mol. The fourth-order valence-corrected chi connectivity index (χ4v) is 2.86. The van der Waals surface area contributed by atoms with Gasteiger partial charge in [-0.1, -0.05) is 28.8 Å². The Bertz CT molecular complexity index is 132. The van der Waals surface area contributed by atoms with Crippen LogP contribution < -0.4 is 0 Å². The molecule has 1 aliphatic rings. The third-order valence-corrected chi connectivity index (χ3v) is 4.37. The molecule has 1 saturated carbocycles. The molecule has 0 spiro atoms. The molecule has 0 heterocycles. The van der Waals surface area contributed by atoms with Crippen LogP contribution in [-0.2, 0) is 4.74 Å². The standard InChI is InChI=1S/C11H21BrO/c1-9(13-2)7-8-11(12)10-5-3-4-6-10/h9-11H,3-8H2,1-2H3. The Balaban J connectivity index is 2.12. The quantitative estimate of drug-likeness (QED) is 0.674. The molecule has 2 unspecified atom stereocenters. The number of halogens is 1. The van der Waals surface area contributed by atoms with Crippen LogP contribution in [0.2, 0.25) is 0 Å². The van der Waals surface area contributed by atoms with Crippen LogP contribution in [0, 0.1) is 5.92 Å². The van der Waals surface area contributed by atoms with Gasteiger partial charge in [0.25, 0.3) is 0 Å². The highest BCUT2D eigenvalue weighted by Crippen LogP contribution is 2.33. The van der Waals surface area contributed by atoms with Gasteiger partial charge in [0.15, 0.2) is 0 Å². The summed E-state index contributed by atoms with van der Waals surface area (Å²) < 4.78 is 5.24. The molecule has 13 heavy (non-hydrogen) atoms. The van der Waals surface area contributed by atoms with Crippen molar-refractivity contribution in [3.63, 3.8) is 0 Å². The predicted octanol–water partition coefficient (Wildman–Crippen LogP) is 3.76. The van der Waals surface area contributed by atoms with Crippen molar-refractivity contribution in [2.24, 2.45) is 5.92 Å². The largest absolute Gasteiger partial charge is 0.382 e. The maximum atomic E-state index is 5.24. The molecule has 0 aliphatic heterocycles. The average Bonchev–Trinajstić information content (AvgIpc) is 2.66. The minimum Gasteiger partial charge on any atom is -0.382 e. The number of rotatable bonds is 5. The molecule has 0 saturated heterocycles. The Hall–Kier alpha value is 0.440. The summed E-state index contributed by atoms with van der Waals surface area (Å²) in [5, 5.41) is 0. The molecule has 2 heteroatoms. The highest BCUT2D eigenvalue weighted by Gasteiger charge is 2.22. The van der Waals surface area contributed by atoms with E-state index < -0.39 is 0 Å². The number of hydrogen-bond acceptors (Lipinski definition) is 1. The Morgan fingerprint density at radius 3 is 2.46 bits per heavy atom. The predicted molar refractivity (Wildman–Crippen MR) is 60.4 cm³/mol. The molecule has 2 atom stereocenters. The Labute approximate surface area is 90.4 Å². The first-order chi connectivity index (χ1) is 6.24. The number of methoxy groups -OCH3 is 1. The van der Waals surface area contributed by atoms with E-state index in [9.17, 15) is 0 Å². The van der Waals surface area contributed by atoms with Crippen LogP contribution in [0.5, 0.6) is 0 Å². The second-order valence-corrected chi connectivity index (χ2v) is 5.36. The highest BCUT2D eigenvalue weighted by molar-refractivity contribution is 9.09. The molecule has 0 bridgehead atoms. The van der Waals surface area contributed by atoms with E-state index >= 15 is 0 Å². The van der Waals surface area contributed by atoms with E-state index in [1.807, 2.05) is 0 Å². The molecular formula is C11H21BrO. The first-order valence-corrected chi connectivity index (χ1v) is 6.32. The van der Waals surface area contributed by atoms with Gasteiger partial charge in [0.2, 0.25) is 0 Å². The molecule has 78 valence electrons. The van der Waals surface area contributed by atoms with E-state index in [1.54, 1.807) is 7.11 Å². The maximum Gasteiger partial charge on any atom is 0.0543 e. The van der Waals surface area contributed by atoms with E-state index in [0.717, 1.165) is 10.7 Å². The summed E-state index contributed by atoms with van der Waals surface area (Å²) in [7, 11) is 1.80. The highest BCUT2D eigenvalue weighted by atomic mass is 79.9. The molecule has 0 aromatic carbocycles. The van der Waals surface area contributed by atoms with Crippen molar-refractivity contribution in [1.29, 1.82) is 0 Å². The van der Waals surface area contributed by atoms with Crippen molar-refractivity contribution in [2.45, 2.75) is 56.4 Å². The van der Waals surface area contributed by atoms with Crippen molar-refractivity contribution in [2.75, 3.05) is 7.11 Å². The van der Waals surface area contributed by atoms with Crippen molar-refractivity contribution in [1.82, 2.24) is 0 Å². The Morgan fingerprint density at radius 1 is 1.31 bits per heavy atom. The summed E-state index contributed by atoms with van der Waals surface area (Å²) in [5.74, 6) is 0.934. The van der Waals surface area contributed by atoms with Gasteiger partial charge in [0.05, 0.1) is 6.10 Å². The van der Waals surface area contributed by atoms with E-state index in [4.69, 9.17) is 4.74 Å². The molecule has 0 radical (unpaired) electrons. The van der Waals surface area contributed by atoms with Gasteiger partial charge < -0.3 is 4.74 Å². The normalized spacial score (nSPS) is 23.3. The number of ether oxygens (including phenoxy) is 1. The van der Waals surface area contributed by atoms with Crippen molar-refractivity contribution in [3.8, 4) is 0 Å². The molecule has 0 aromatic rings. The van der Waals surface area contributed by atoms with Crippen LogP contribution in [-0.4, -0.2) is 18.0 Å². The third kappa shape index (κ3) is 3.99. The number of alkyl halides is 1. The summed E-state index contributed by atoms with van der Waals surface area (Å²) >= 11 is 3.81. The van der Waals surface area contributed by atoms with Gasteiger partial charge in [0, 0.05) is 11.9 Å². The first-order valence-electron chi connectivity index (χ1n) is 5.41. The van der Waals surface area contributed by atoms with Crippen LogP contribution in [0.25, 0.3) is 0 Å². The van der Waals surface area contributed by atoms with Gasteiger partial charge >= 0.3 is 0 Å². The lowest BCUT2D eigenvalue weighted by Crippen LogP contribution is -2.14. The SMILES string of the molecule is COC(C)CCC(Br)C1CCCC1. The van der Waals surface area contributed by atoms with Crippen LogP contribution >= 0.6 is 15.9 Å². The Morgan fingerprint density at radius 2 is 1.92 bits per heavy atom. The van der Waals surface area contributed by atoms with Gasteiger partial charge in [0.1, 0.15) is 0 Å². The lowest BCUT2D eigenvalue weighted by molar-refractivity contribution is 0.108. The fourth-order valence-electron chi connectivity index (χ4n) is 2.07. The second kappa shape index (κ2) is 6.02. The van der Waals surface area contributed by atoms with Gasteiger partial charge in [-0.2, -0.15) is 0 Å². The molecule has 1 rings (SSSR count). The van der Waals surface area contributed by atoms with Crippen LogP contribution in [0.3, 0.4) is 0 Å². The summed E-state index contributed by atoms with van der Waals surface area (Å²) in [6.07, 6.45) is 8.59. The molecule has 0 aromatic heterocycles.